The van der Waals surface area contributed by atoms with Gasteiger partial charge in [0.05, 0.1) is 4.90 Å². The Morgan fingerprint density at radius 2 is 1.74 bits per heavy atom. The maximum absolute atomic E-state index is 12.6. The minimum Gasteiger partial charge on any atom is -0.326 e. The smallest absolute Gasteiger partial charge is 0.240 e. The van der Waals surface area contributed by atoms with Gasteiger partial charge in [-0.1, -0.05) is 31.9 Å². The van der Waals surface area contributed by atoms with E-state index < -0.39 is 10.0 Å². The van der Waals surface area contributed by atoms with Crippen molar-refractivity contribution in [2.45, 2.75) is 23.8 Å². The molecule has 0 bridgehead atoms. The third-order valence-corrected chi connectivity index (χ3v) is 7.84. The van der Waals surface area contributed by atoms with Gasteiger partial charge in [-0.25, -0.2) is 13.1 Å². The van der Waals surface area contributed by atoms with E-state index in [0.29, 0.717) is 5.69 Å². The quantitative estimate of drug-likeness (QED) is 0.430. The van der Waals surface area contributed by atoms with Crippen molar-refractivity contribution in [3.8, 4) is 0 Å². The van der Waals surface area contributed by atoms with E-state index in [2.05, 4.69) is 46.9 Å². The predicted octanol–water partition coefficient (Wildman–Crippen LogP) is 4.83. The highest BCUT2D eigenvalue weighted by Gasteiger charge is 2.43. The Hall–Kier alpha value is -2.07. The van der Waals surface area contributed by atoms with Crippen LogP contribution in [0.1, 0.15) is 23.5 Å². The molecule has 2 aromatic carbocycles. The van der Waals surface area contributed by atoms with Crippen molar-refractivity contribution in [3.63, 3.8) is 0 Å². The zero-order chi connectivity index (χ0) is 22.0. The molecule has 31 heavy (non-hydrogen) atoms. The second-order valence-electron chi connectivity index (χ2n) is 7.30. The molecular weight excluding hydrogens is 546 g/mol. The summed E-state index contributed by atoms with van der Waals surface area (Å²) < 4.78 is 29.5. The van der Waals surface area contributed by atoms with Crippen molar-refractivity contribution < 1.29 is 13.2 Å². The molecule has 1 aromatic heterocycles. The third-order valence-electron chi connectivity index (χ3n) is 5.15. The molecule has 4 rings (SSSR count). The monoisotopic (exact) mass is 563 g/mol. The van der Waals surface area contributed by atoms with Crippen LogP contribution in [0.15, 0.2) is 80.8 Å². The molecule has 160 valence electrons. The van der Waals surface area contributed by atoms with E-state index in [1.165, 1.54) is 12.1 Å². The average Bonchev–Trinajstić information content (AvgIpc) is 3.57. The minimum absolute atomic E-state index is 0.0601. The predicted molar refractivity (Wildman–Crippen MR) is 126 cm³/mol. The molecule has 6 nitrogen and oxygen atoms in total. The van der Waals surface area contributed by atoms with E-state index in [1.807, 2.05) is 30.3 Å². The minimum atomic E-state index is -3.69. The van der Waals surface area contributed by atoms with Crippen LogP contribution < -0.4 is 10.0 Å². The lowest BCUT2D eigenvalue weighted by molar-refractivity contribution is -0.117. The summed E-state index contributed by atoms with van der Waals surface area (Å²) in [6.45, 7) is 0.152. The molecule has 1 aliphatic carbocycles. The van der Waals surface area contributed by atoms with Crippen molar-refractivity contribution in [1.82, 2.24) is 9.71 Å². The molecule has 1 amide bonds. The van der Waals surface area contributed by atoms with Crippen LogP contribution in [-0.4, -0.2) is 19.3 Å². The number of rotatable bonds is 7. The highest BCUT2D eigenvalue weighted by atomic mass is 79.9. The first-order chi connectivity index (χ1) is 14.8. The summed E-state index contributed by atoms with van der Waals surface area (Å²) in [6, 6.07) is 15.6. The SMILES string of the molecule is O=C(Nc1ccc(S(=O)(=O)NCc2cc(Br)ccc2Br)cc1)C1CC1c1ccncc1. The number of sulfonamides is 1. The highest BCUT2D eigenvalue weighted by Crippen LogP contribution is 2.47. The number of nitrogens with one attached hydrogen (secondary N) is 2. The molecule has 3 aromatic rings. The second kappa shape index (κ2) is 9.20. The number of aromatic nitrogens is 1. The van der Waals surface area contributed by atoms with Gasteiger partial charge in [-0.3, -0.25) is 9.78 Å². The fourth-order valence-electron chi connectivity index (χ4n) is 3.35. The van der Waals surface area contributed by atoms with Gasteiger partial charge >= 0.3 is 0 Å². The summed E-state index contributed by atoms with van der Waals surface area (Å²) >= 11 is 6.81. The summed E-state index contributed by atoms with van der Waals surface area (Å²) in [6.07, 6.45) is 4.26. The average molecular weight is 565 g/mol. The van der Waals surface area contributed by atoms with Crippen LogP contribution in [0.3, 0.4) is 0 Å². The first-order valence-corrected chi connectivity index (χ1v) is 12.6. The van der Waals surface area contributed by atoms with E-state index in [1.54, 1.807) is 24.5 Å². The van der Waals surface area contributed by atoms with Gasteiger partial charge in [-0.05, 0) is 78.1 Å². The van der Waals surface area contributed by atoms with E-state index in [-0.39, 0.29) is 29.2 Å². The van der Waals surface area contributed by atoms with E-state index in [9.17, 15) is 13.2 Å². The van der Waals surface area contributed by atoms with Crippen LogP contribution >= 0.6 is 31.9 Å². The van der Waals surface area contributed by atoms with Crippen molar-refractivity contribution >= 4 is 53.5 Å². The molecule has 2 atom stereocenters. The van der Waals surface area contributed by atoms with E-state index >= 15 is 0 Å². The number of benzene rings is 2. The maximum Gasteiger partial charge on any atom is 0.240 e. The van der Waals surface area contributed by atoms with Crippen molar-refractivity contribution in [1.29, 1.82) is 0 Å². The maximum atomic E-state index is 12.6. The number of halogens is 2. The molecule has 0 saturated heterocycles. The Labute approximate surface area is 197 Å². The van der Waals surface area contributed by atoms with Gasteiger partial charge in [0, 0.05) is 39.5 Å². The van der Waals surface area contributed by atoms with Crippen molar-refractivity contribution in [3.05, 3.63) is 87.1 Å². The molecular formula is C22H19Br2N3O3S. The van der Waals surface area contributed by atoms with Gasteiger partial charge in [0.2, 0.25) is 15.9 Å². The van der Waals surface area contributed by atoms with Crippen LogP contribution in [0.5, 0.6) is 0 Å². The lowest BCUT2D eigenvalue weighted by Crippen LogP contribution is -2.23. The van der Waals surface area contributed by atoms with Crippen molar-refractivity contribution in [2.24, 2.45) is 5.92 Å². The molecule has 1 heterocycles. The summed E-state index contributed by atoms with van der Waals surface area (Å²) in [5.74, 6) is 0.0790. The lowest BCUT2D eigenvalue weighted by atomic mass is 10.1. The van der Waals surface area contributed by atoms with Gasteiger partial charge in [-0.2, -0.15) is 0 Å². The zero-order valence-corrected chi connectivity index (χ0v) is 20.2. The Bertz CT molecular complexity index is 1200. The van der Waals surface area contributed by atoms with Crippen LogP contribution in [0, 0.1) is 5.92 Å². The molecule has 1 aliphatic rings. The van der Waals surface area contributed by atoms with Crippen LogP contribution in [0.25, 0.3) is 0 Å². The normalized spacial score (nSPS) is 17.9. The molecule has 2 N–H and O–H groups in total. The summed E-state index contributed by atoms with van der Waals surface area (Å²) in [5.41, 5.74) is 2.49. The number of nitrogens with zero attached hydrogens (tertiary/aromatic N) is 1. The summed E-state index contributed by atoms with van der Waals surface area (Å²) in [7, 11) is -3.69. The Morgan fingerprint density at radius 3 is 2.45 bits per heavy atom. The number of hydrogen-bond acceptors (Lipinski definition) is 4. The molecule has 1 saturated carbocycles. The fraction of sp³-hybridized carbons (Fsp3) is 0.182. The largest absolute Gasteiger partial charge is 0.326 e. The molecule has 1 fully saturated rings. The third kappa shape index (κ3) is 5.41. The van der Waals surface area contributed by atoms with Crippen molar-refractivity contribution in [2.75, 3.05) is 5.32 Å². The Morgan fingerprint density at radius 1 is 1.03 bits per heavy atom. The number of carbonyl (C=O) groups excluding carboxylic acids is 1. The molecule has 0 spiro atoms. The van der Waals surface area contributed by atoms with Crippen LogP contribution in [0.4, 0.5) is 5.69 Å². The van der Waals surface area contributed by atoms with Gasteiger partial charge < -0.3 is 5.32 Å². The van der Waals surface area contributed by atoms with Gasteiger partial charge in [0.1, 0.15) is 0 Å². The lowest BCUT2D eigenvalue weighted by Gasteiger charge is -2.10. The summed E-state index contributed by atoms with van der Waals surface area (Å²) in [4.78, 5) is 16.6. The standard InChI is InChI=1S/C22H19Br2N3O3S/c23-16-1-6-21(24)15(11-16)13-26-31(29,30)18-4-2-17(3-5-18)27-22(28)20-12-19(20)14-7-9-25-10-8-14/h1-11,19-20,26H,12-13H2,(H,27,28). The first-order valence-electron chi connectivity index (χ1n) is 9.58. The molecule has 0 radical (unpaired) electrons. The zero-order valence-electron chi connectivity index (χ0n) is 16.3. The van der Waals surface area contributed by atoms with Gasteiger partial charge in [0.25, 0.3) is 0 Å². The van der Waals surface area contributed by atoms with Crippen LogP contribution in [0.2, 0.25) is 0 Å². The Kier molecular flexibility index (Phi) is 6.57. The number of hydrogen-bond donors (Lipinski definition) is 2. The summed E-state index contributed by atoms with van der Waals surface area (Å²) in [5, 5.41) is 2.87. The van der Waals surface area contributed by atoms with Crippen LogP contribution in [-0.2, 0) is 21.4 Å². The molecule has 9 heteroatoms. The van der Waals surface area contributed by atoms with E-state index in [0.717, 1.165) is 26.5 Å². The van der Waals surface area contributed by atoms with Gasteiger partial charge in [-0.15, -0.1) is 0 Å². The number of anilines is 1. The number of pyridine rings is 1. The molecule has 0 aliphatic heterocycles. The number of carbonyl (C=O) groups is 1. The fourth-order valence-corrected chi connectivity index (χ4v) is 5.15. The van der Waals surface area contributed by atoms with E-state index in [4.69, 9.17) is 0 Å². The van der Waals surface area contributed by atoms with Gasteiger partial charge in [0.15, 0.2) is 0 Å². The molecule has 2 unspecified atom stereocenters. The first kappa shape index (κ1) is 22.1. The topological polar surface area (TPSA) is 88.2 Å². The highest BCUT2D eigenvalue weighted by molar-refractivity contribution is 9.11. The Balaban J connectivity index is 1.36. The second-order valence-corrected chi connectivity index (χ2v) is 10.8. The number of amides is 1.